The number of halogens is 1. The Bertz CT molecular complexity index is 2120. The number of hydrogen-bond donors (Lipinski definition) is 1. The van der Waals surface area contributed by atoms with Crippen LogP contribution in [-0.4, -0.2) is 44.1 Å². The summed E-state index contributed by atoms with van der Waals surface area (Å²) >= 11 is 5.95. The number of hydrogen-bond acceptors (Lipinski definition) is 7. The molecule has 1 heterocycles. The zero-order valence-corrected chi connectivity index (χ0v) is 29.2. The zero-order chi connectivity index (χ0) is 35.0. The number of hydrazone groups is 1. The predicted molar refractivity (Wildman–Crippen MR) is 189 cm³/mol. The van der Waals surface area contributed by atoms with E-state index in [1.54, 1.807) is 60.7 Å². The molecule has 4 aromatic carbocycles. The Morgan fingerprint density at radius 2 is 1.22 bits per heavy atom. The quantitative estimate of drug-likeness (QED) is 0.106. The lowest BCUT2D eigenvalue weighted by Gasteiger charge is -2.22. The largest absolute Gasteiger partial charge is 0.459 e. The van der Waals surface area contributed by atoms with Gasteiger partial charge in [-0.2, -0.15) is 13.7 Å². The van der Waals surface area contributed by atoms with Crippen molar-refractivity contribution in [2.45, 2.75) is 43.3 Å². The summed E-state index contributed by atoms with van der Waals surface area (Å²) in [5.41, 5.74) is 5.87. The van der Waals surface area contributed by atoms with E-state index in [0.717, 1.165) is 21.0 Å². The number of amides is 1. The highest BCUT2D eigenvalue weighted by molar-refractivity contribution is 7.89. The van der Waals surface area contributed by atoms with Crippen molar-refractivity contribution in [3.63, 3.8) is 0 Å². The minimum atomic E-state index is -4.07. The van der Waals surface area contributed by atoms with Gasteiger partial charge in [-0.15, -0.1) is 0 Å². The smallest absolute Gasteiger partial charge is 0.255 e. The molecule has 0 saturated carbocycles. The van der Waals surface area contributed by atoms with Gasteiger partial charge in [0.25, 0.3) is 5.91 Å². The van der Waals surface area contributed by atoms with Gasteiger partial charge in [-0.05, 0) is 73.5 Å². The average molecular weight is 719 g/mol. The van der Waals surface area contributed by atoms with E-state index in [2.05, 4.69) is 10.5 Å². The number of rotatable bonds is 14. The number of aryl methyl sites for hydroxylation is 2. The van der Waals surface area contributed by atoms with Crippen LogP contribution in [0.3, 0.4) is 0 Å². The lowest BCUT2D eigenvalue weighted by Crippen LogP contribution is -2.39. The molecular weight excluding hydrogens is 684 g/mol. The first-order valence-electron chi connectivity index (χ1n) is 15.2. The van der Waals surface area contributed by atoms with E-state index in [-0.39, 0.29) is 35.2 Å². The molecule has 0 aliphatic rings. The van der Waals surface area contributed by atoms with Crippen LogP contribution >= 0.6 is 11.6 Å². The highest BCUT2D eigenvalue weighted by Gasteiger charge is 2.28. The van der Waals surface area contributed by atoms with E-state index in [9.17, 15) is 21.6 Å². The van der Waals surface area contributed by atoms with E-state index in [1.807, 2.05) is 44.2 Å². The predicted octanol–water partition coefficient (Wildman–Crippen LogP) is 6.28. The van der Waals surface area contributed by atoms with Gasteiger partial charge in [0, 0.05) is 18.1 Å². The SMILES string of the molecule is Cc1ccc(CN(Cc2ccc(/C=N\NC(=O)CN(Cc3ccccc3)S(=O)(=O)c3ccc(Cl)cc3)o2)S(=O)(=O)c2ccc(C)cc2)cc1. The third kappa shape index (κ3) is 9.52. The van der Waals surface area contributed by atoms with Crippen LogP contribution in [0.4, 0.5) is 0 Å². The Balaban J connectivity index is 1.28. The molecule has 5 aromatic rings. The highest BCUT2D eigenvalue weighted by atomic mass is 35.5. The van der Waals surface area contributed by atoms with Crippen LogP contribution in [0.25, 0.3) is 0 Å². The lowest BCUT2D eigenvalue weighted by atomic mass is 10.1. The number of carbonyl (C=O) groups excluding carboxylic acids is 1. The van der Waals surface area contributed by atoms with Crippen molar-refractivity contribution in [1.82, 2.24) is 14.0 Å². The fraction of sp³-hybridized carbons (Fsp3) is 0.167. The number of carbonyl (C=O) groups is 1. The second-order valence-corrected chi connectivity index (χ2v) is 15.7. The minimum absolute atomic E-state index is 0.00642. The topological polar surface area (TPSA) is 129 Å². The van der Waals surface area contributed by atoms with Crippen molar-refractivity contribution in [3.05, 3.63) is 154 Å². The van der Waals surface area contributed by atoms with Gasteiger partial charge < -0.3 is 4.42 Å². The molecule has 0 aliphatic carbocycles. The molecule has 0 saturated heterocycles. The van der Waals surface area contributed by atoms with E-state index in [4.69, 9.17) is 16.0 Å². The number of nitrogens with zero attached hydrogens (tertiary/aromatic N) is 3. The first kappa shape index (κ1) is 35.7. The van der Waals surface area contributed by atoms with E-state index >= 15 is 0 Å². The molecule has 1 amide bonds. The van der Waals surface area contributed by atoms with Crippen molar-refractivity contribution in [2.24, 2.45) is 5.10 Å². The van der Waals surface area contributed by atoms with Gasteiger partial charge in [0.05, 0.1) is 29.1 Å². The highest BCUT2D eigenvalue weighted by Crippen LogP contribution is 2.23. The number of benzene rings is 4. The standard InChI is InChI=1S/C36H35ClN4O6S2/c1-27-8-12-30(13-9-27)24-40(48(43,44)34-18-10-28(2)11-19-34)25-33-17-16-32(47-33)22-38-39-36(42)26-41(23-29-6-4-3-5-7-29)49(45,46)35-20-14-31(37)15-21-35/h3-22H,23-26H2,1-2H3,(H,39,42)/b38-22-. The molecule has 13 heteroatoms. The molecule has 10 nitrogen and oxygen atoms in total. The number of nitrogens with one attached hydrogen (secondary N) is 1. The van der Waals surface area contributed by atoms with Crippen molar-refractivity contribution >= 4 is 43.8 Å². The fourth-order valence-corrected chi connectivity index (χ4v) is 7.74. The molecule has 1 aromatic heterocycles. The monoisotopic (exact) mass is 718 g/mol. The maximum absolute atomic E-state index is 13.7. The summed E-state index contributed by atoms with van der Waals surface area (Å²) in [5.74, 6) is -0.0584. The molecule has 0 fully saturated rings. The molecule has 1 N–H and O–H groups in total. The van der Waals surface area contributed by atoms with Crippen LogP contribution < -0.4 is 5.43 Å². The Kier molecular flexibility index (Phi) is 11.5. The molecule has 0 atom stereocenters. The molecule has 0 spiro atoms. The van der Waals surface area contributed by atoms with Crippen molar-refractivity contribution in [3.8, 4) is 0 Å². The Hall–Kier alpha value is -4.59. The maximum Gasteiger partial charge on any atom is 0.255 e. The van der Waals surface area contributed by atoms with Crippen molar-refractivity contribution in [2.75, 3.05) is 6.54 Å². The second kappa shape index (κ2) is 15.7. The van der Waals surface area contributed by atoms with Crippen LogP contribution in [-0.2, 0) is 44.5 Å². The molecule has 0 aliphatic heterocycles. The van der Waals surface area contributed by atoms with Gasteiger partial charge in [0.1, 0.15) is 11.5 Å². The first-order valence-corrected chi connectivity index (χ1v) is 18.5. The molecule has 5 rings (SSSR count). The third-order valence-electron chi connectivity index (χ3n) is 7.51. The second-order valence-electron chi connectivity index (χ2n) is 11.4. The average Bonchev–Trinajstić information content (AvgIpc) is 3.53. The Morgan fingerprint density at radius 3 is 1.86 bits per heavy atom. The number of sulfonamides is 2. The molecule has 0 unspecified atom stereocenters. The molecule has 254 valence electrons. The van der Waals surface area contributed by atoms with Crippen molar-refractivity contribution < 1.29 is 26.0 Å². The Labute approximate surface area is 291 Å². The van der Waals surface area contributed by atoms with Crippen LogP contribution in [0.15, 0.2) is 135 Å². The van der Waals surface area contributed by atoms with Gasteiger partial charge in [0.2, 0.25) is 20.0 Å². The van der Waals surface area contributed by atoms with Gasteiger partial charge in [0.15, 0.2) is 0 Å². The minimum Gasteiger partial charge on any atom is -0.459 e. The maximum atomic E-state index is 13.7. The lowest BCUT2D eigenvalue weighted by molar-refractivity contribution is -0.121. The molecule has 0 bridgehead atoms. The Morgan fingerprint density at radius 1 is 0.694 bits per heavy atom. The van der Waals surface area contributed by atoms with E-state index in [0.29, 0.717) is 16.3 Å². The van der Waals surface area contributed by atoms with Gasteiger partial charge in [-0.25, -0.2) is 22.3 Å². The summed E-state index contributed by atoms with van der Waals surface area (Å²) in [6.45, 7) is 3.36. The first-order chi connectivity index (χ1) is 23.4. The summed E-state index contributed by atoms with van der Waals surface area (Å²) in [6.07, 6.45) is 1.26. The fourth-order valence-electron chi connectivity index (χ4n) is 4.84. The molecule has 49 heavy (non-hydrogen) atoms. The van der Waals surface area contributed by atoms with Crippen LogP contribution in [0.1, 0.15) is 33.8 Å². The summed E-state index contributed by atoms with van der Waals surface area (Å²) in [5, 5.41) is 4.33. The summed E-state index contributed by atoms with van der Waals surface area (Å²) in [4.78, 5) is 13.1. The van der Waals surface area contributed by atoms with Crippen molar-refractivity contribution in [1.29, 1.82) is 0 Å². The summed E-state index contributed by atoms with van der Waals surface area (Å²) < 4.78 is 62.6. The van der Waals surface area contributed by atoms with Gasteiger partial charge >= 0.3 is 0 Å². The van der Waals surface area contributed by atoms with Crippen LogP contribution in [0.5, 0.6) is 0 Å². The van der Waals surface area contributed by atoms with Crippen LogP contribution in [0, 0.1) is 13.8 Å². The van der Waals surface area contributed by atoms with Gasteiger partial charge in [-0.1, -0.05) is 89.5 Å². The van der Waals surface area contributed by atoms with E-state index in [1.165, 1.54) is 34.8 Å². The van der Waals surface area contributed by atoms with Crippen LogP contribution in [0.2, 0.25) is 5.02 Å². The third-order valence-corrected chi connectivity index (χ3v) is 11.4. The number of furan rings is 1. The normalized spacial score (nSPS) is 12.2. The summed E-state index contributed by atoms with van der Waals surface area (Å²) in [7, 11) is -7.96. The molecule has 0 radical (unpaired) electrons. The van der Waals surface area contributed by atoms with E-state index < -0.39 is 32.5 Å². The van der Waals surface area contributed by atoms with Gasteiger partial charge in [-0.3, -0.25) is 4.79 Å². The molecular formula is C36H35ClN4O6S2. The summed E-state index contributed by atoms with van der Waals surface area (Å²) in [6, 6.07) is 32.1. The zero-order valence-electron chi connectivity index (χ0n) is 26.9.